The molecule has 222 valence electrons. The van der Waals surface area contributed by atoms with Gasteiger partial charge >= 0.3 is 6.36 Å². The minimum atomic E-state index is -5.31. The van der Waals surface area contributed by atoms with Crippen LogP contribution in [0, 0.1) is 71.6 Å². The van der Waals surface area contributed by atoms with Gasteiger partial charge in [0.15, 0.2) is 17.1 Å². The second kappa shape index (κ2) is 11.9. The minimum absolute atomic E-state index is 0.0303. The molecular formula is C36H11F3N8O. The second-order valence-electron chi connectivity index (χ2n) is 10.1. The molecule has 48 heavy (non-hydrogen) atoms. The summed E-state index contributed by atoms with van der Waals surface area (Å²) in [7, 11) is 0. The van der Waals surface area contributed by atoms with Crippen molar-refractivity contribution in [1.82, 2.24) is 0 Å². The SMILES string of the molecule is [C-]#[N+]C1=C(C)/C(=C(/C#N)c2cc([N+]#[C-])cc([N+]#[C-])c2)c2cc3c(cc21)C(C#N)=C(OC(F)(F)F)/C3=C(/[N+]#[C-])c1cc(C#N)cc(C#N)c1. The highest BCUT2D eigenvalue weighted by atomic mass is 19.4. The first-order valence-corrected chi connectivity index (χ1v) is 13.3. The van der Waals surface area contributed by atoms with Crippen LogP contribution in [-0.4, -0.2) is 6.36 Å². The maximum absolute atomic E-state index is 13.9. The minimum Gasteiger partial charge on any atom is -0.405 e. The maximum atomic E-state index is 13.9. The predicted molar refractivity (Wildman–Crippen MR) is 166 cm³/mol. The fourth-order valence-electron chi connectivity index (χ4n) is 5.63. The Morgan fingerprint density at radius 3 is 1.75 bits per heavy atom. The van der Waals surface area contributed by atoms with Crippen LogP contribution in [0.1, 0.15) is 51.4 Å². The van der Waals surface area contributed by atoms with Crippen LogP contribution in [-0.2, 0) is 4.74 Å². The number of halogens is 3. The van der Waals surface area contributed by atoms with Crippen molar-refractivity contribution in [3.8, 4) is 24.3 Å². The zero-order chi connectivity index (χ0) is 34.9. The number of ether oxygens (including phenoxy) is 1. The molecular weight excluding hydrogens is 617 g/mol. The van der Waals surface area contributed by atoms with E-state index in [9.17, 15) is 34.2 Å². The van der Waals surface area contributed by atoms with Crippen LogP contribution in [0.4, 0.5) is 24.5 Å². The number of rotatable bonds is 3. The number of alkyl halides is 3. The summed E-state index contributed by atoms with van der Waals surface area (Å²) in [6, 6.07) is 18.0. The van der Waals surface area contributed by atoms with Gasteiger partial charge in [-0.2, -0.15) is 21.0 Å². The van der Waals surface area contributed by atoms with E-state index in [0.29, 0.717) is 5.57 Å². The molecule has 0 heterocycles. The Kier molecular flexibility index (Phi) is 7.83. The van der Waals surface area contributed by atoms with Crippen molar-refractivity contribution in [2.75, 3.05) is 0 Å². The van der Waals surface area contributed by atoms with Crippen LogP contribution < -0.4 is 0 Å². The molecule has 0 aromatic heterocycles. The molecule has 0 amide bonds. The predicted octanol–water partition coefficient (Wildman–Crippen LogP) is 9.20. The monoisotopic (exact) mass is 628 g/mol. The normalized spacial score (nSPS) is 14.8. The fourth-order valence-corrected chi connectivity index (χ4v) is 5.63. The van der Waals surface area contributed by atoms with Gasteiger partial charge in [-0.05, 0) is 70.2 Å². The number of allylic oxidation sites excluding steroid dienone is 5. The van der Waals surface area contributed by atoms with Gasteiger partial charge in [-0.15, -0.1) is 13.2 Å². The molecule has 12 heteroatoms. The molecule has 0 saturated heterocycles. The summed E-state index contributed by atoms with van der Waals surface area (Å²) in [5.74, 6) is -0.988. The third-order valence-corrected chi connectivity index (χ3v) is 7.47. The Morgan fingerprint density at radius 1 is 0.688 bits per heavy atom. The molecule has 9 nitrogen and oxygen atoms in total. The Labute approximate surface area is 271 Å². The molecule has 3 aromatic carbocycles. The Bertz CT molecular complexity index is 2450. The summed E-state index contributed by atoms with van der Waals surface area (Å²) < 4.78 is 46.0. The first-order chi connectivity index (χ1) is 23.0. The third-order valence-electron chi connectivity index (χ3n) is 7.47. The number of nitriles is 4. The highest BCUT2D eigenvalue weighted by Crippen LogP contribution is 2.53. The van der Waals surface area contributed by atoms with Gasteiger partial charge in [0, 0.05) is 11.1 Å². The molecule has 0 radical (unpaired) electrons. The summed E-state index contributed by atoms with van der Waals surface area (Å²) in [6.45, 7) is 32.3. The fraction of sp³-hybridized carbons (Fsp3) is 0.0556. The van der Waals surface area contributed by atoms with Gasteiger partial charge in [-0.1, -0.05) is 24.3 Å². The average Bonchev–Trinajstić information content (AvgIpc) is 3.51. The van der Waals surface area contributed by atoms with E-state index >= 15 is 0 Å². The van der Waals surface area contributed by atoms with Crippen LogP contribution in [0.15, 0.2) is 59.9 Å². The van der Waals surface area contributed by atoms with Crippen molar-refractivity contribution in [3.63, 3.8) is 0 Å². The van der Waals surface area contributed by atoms with Crippen molar-refractivity contribution >= 4 is 45.1 Å². The second-order valence-corrected chi connectivity index (χ2v) is 10.1. The van der Waals surface area contributed by atoms with Crippen LogP contribution in [0.5, 0.6) is 0 Å². The van der Waals surface area contributed by atoms with E-state index in [2.05, 4.69) is 30.2 Å². The number of nitrogens with zero attached hydrogens (tertiary/aromatic N) is 8. The lowest BCUT2D eigenvalue weighted by Gasteiger charge is -2.16. The zero-order valence-corrected chi connectivity index (χ0v) is 24.2. The number of fused-ring (bicyclic) bond motifs is 2. The van der Waals surface area contributed by atoms with Crippen LogP contribution >= 0.6 is 0 Å². The lowest BCUT2D eigenvalue weighted by Crippen LogP contribution is -2.13. The van der Waals surface area contributed by atoms with Crippen molar-refractivity contribution in [1.29, 1.82) is 21.0 Å². The van der Waals surface area contributed by atoms with Crippen LogP contribution in [0.3, 0.4) is 0 Å². The Balaban J connectivity index is 1.95. The first kappa shape index (κ1) is 31.6. The summed E-state index contributed by atoms with van der Waals surface area (Å²) in [5.41, 5.74) is -0.544. The molecule has 0 spiro atoms. The van der Waals surface area contributed by atoms with Gasteiger partial charge < -0.3 is 4.74 Å². The number of hydrogen-bond acceptors (Lipinski definition) is 5. The van der Waals surface area contributed by atoms with E-state index in [1.165, 1.54) is 48.5 Å². The van der Waals surface area contributed by atoms with Gasteiger partial charge in [0.1, 0.15) is 23.5 Å². The summed E-state index contributed by atoms with van der Waals surface area (Å²) in [4.78, 5) is 13.8. The van der Waals surface area contributed by atoms with Crippen molar-refractivity contribution < 1.29 is 17.9 Å². The van der Waals surface area contributed by atoms with Crippen molar-refractivity contribution in [2.45, 2.75) is 13.3 Å². The quantitative estimate of drug-likeness (QED) is 0.211. The van der Waals surface area contributed by atoms with E-state index in [1.807, 2.05) is 12.1 Å². The third kappa shape index (κ3) is 5.14. The van der Waals surface area contributed by atoms with E-state index < -0.39 is 29.0 Å². The molecule has 0 unspecified atom stereocenters. The van der Waals surface area contributed by atoms with E-state index in [0.717, 1.165) is 0 Å². The standard InChI is InChI=1S/C36H11F3N8O/c1-18-31(29(16-42)21-9-23(44-2)11-24(10-21)45-3)27-13-26-25(12-28(27)33(18)46-4)30(17-43)35(48-36(37,38)39)32(26)34(47-5)22-7-19(14-40)6-20(8-22)15-41/h6-13H,1H3/b31-29+,34-32+. The molecule has 0 saturated carbocycles. The highest BCUT2D eigenvalue weighted by molar-refractivity contribution is 6.17. The molecule has 5 rings (SSSR count). The van der Waals surface area contributed by atoms with Gasteiger partial charge in [-0.3, -0.25) is 0 Å². The lowest BCUT2D eigenvalue weighted by atomic mass is 9.89. The molecule has 0 atom stereocenters. The van der Waals surface area contributed by atoms with Crippen LogP contribution in [0.25, 0.3) is 53.1 Å². The van der Waals surface area contributed by atoms with Crippen molar-refractivity contribution in [2.24, 2.45) is 0 Å². The number of hydrogen-bond donors (Lipinski definition) is 0. The van der Waals surface area contributed by atoms with Gasteiger partial charge in [0.2, 0.25) is 5.70 Å². The highest BCUT2D eigenvalue weighted by Gasteiger charge is 2.41. The van der Waals surface area contributed by atoms with Gasteiger partial charge in [0.05, 0.1) is 55.1 Å². The van der Waals surface area contributed by atoms with E-state index in [4.69, 9.17) is 26.3 Å². The van der Waals surface area contributed by atoms with Crippen molar-refractivity contribution in [3.05, 3.63) is 150 Å². The molecule has 0 N–H and O–H groups in total. The largest absolute Gasteiger partial charge is 0.573 e. The summed E-state index contributed by atoms with van der Waals surface area (Å²) in [5, 5.41) is 39.5. The van der Waals surface area contributed by atoms with E-state index in [1.54, 1.807) is 13.0 Å². The maximum Gasteiger partial charge on any atom is 0.573 e. The average molecular weight is 629 g/mol. The summed E-state index contributed by atoms with van der Waals surface area (Å²) >= 11 is 0. The Hall–Kier alpha value is -7.87. The van der Waals surface area contributed by atoms with Crippen LogP contribution in [0.2, 0.25) is 0 Å². The molecule has 3 aromatic rings. The molecule has 2 aliphatic rings. The smallest absolute Gasteiger partial charge is 0.405 e. The number of benzene rings is 3. The molecule has 0 fully saturated rings. The Morgan fingerprint density at radius 2 is 1.27 bits per heavy atom. The zero-order valence-electron chi connectivity index (χ0n) is 24.2. The topological polar surface area (TPSA) is 122 Å². The van der Waals surface area contributed by atoms with E-state index in [-0.39, 0.29) is 72.7 Å². The molecule has 0 aliphatic heterocycles. The summed E-state index contributed by atoms with van der Waals surface area (Å²) in [6.07, 6.45) is -5.31. The molecule has 2 aliphatic carbocycles. The van der Waals surface area contributed by atoms with Gasteiger partial charge in [-0.25, -0.2) is 19.4 Å². The lowest BCUT2D eigenvalue weighted by molar-refractivity contribution is -0.302. The first-order valence-electron chi connectivity index (χ1n) is 13.3. The van der Waals surface area contributed by atoms with Gasteiger partial charge in [0.25, 0.3) is 0 Å². The molecule has 0 bridgehead atoms.